The highest BCUT2D eigenvalue weighted by molar-refractivity contribution is 7.78. The van der Waals surface area contributed by atoms with Crippen molar-refractivity contribution >= 4 is 32.8 Å². The molecule has 0 saturated heterocycles. The van der Waals surface area contributed by atoms with Crippen LogP contribution in [0.15, 0.2) is 24.3 Å². The minimum absolute atomic E-state index is 0.520. The molecule has 1 rings (SSSR count). The van der Waals surface area contributed by atoms with Gasteiger partial charge in [0, 0.05) is 5.02 Å². The van der Waals surface area contributed by atoms with Gasteiger partial charge in [-0.3, -0.25) is 0 Å². The summed E-state index contributed by atoms with van der Waals surface area (Å²) in [6.07, 6.45) is 0. The summed E-state index contributed by atoms with van der Waals surface area (Å²) in [5, 5.41) is 0.176. The standard InChI is InChI=1S/C12H20ClN2O2PS/c1-4-16-18(17-5-2)12(3,14-15-19)10-6-8-11(13)9-7-10/h6-9,14-15,19H,4-5H2,1-3H3/t12-/m1/s1. The van der Waals surface area contributed by atoms with Gasteiger partial charge >= 0.3 is 0 Å². The van der Waals surface area contributed by atoms with Crippen molar-refractivity contribution in [1.29, 1.82) is 0 Å². The molecule has 1 aromatic carbocycles. The van der Waals surface area contributed by atoms with E-state index in [2.05, 4.69) is 23.1 Å². The van der Waals surface area contributed by atoms with E-state index in [1.807, 2.05) is 45.0 Å². The minimum Gasteiger partial charge on any atom is -0.333 e. The third-order valence-corrected chi connectivity index (χ3v) is 5.01. The smallest absolute Gasteiger partial charge is 0.198 e. The summed E-state index contributed by atoms with van der Waals surface area (Å²) in [5.74, 6) is 0. The molecule has 19 heavy (non-hydrogen) atoms. The largest absolute Gasteiger partial charge is 0.333 e. The van der Waals surface area contributed by atoms with Crippen LogP contribution in [0.2, 0.25) is 5.02 Å². The van der Waals surface area contributed by atoms with Gasteiger partial charge in [-0.15, -0.1) is 0 Å². The van der Waals surface area contributed by atoms with Gasteiger partial charge in [-0.25, -0.2) is 10.3 Å². The third kappa shape index (κ3) is 4.57. The first-order valence-corrected chi connectivity index (χ1v) is 8.07. The molecule has 0 bridgehead atoms. The van der Waals surface area contributed by atoms with Crippen LogP contribution in [0.5, 0.6) is 0 Å². The second kappa shape index (κ2) is 8.42. The van der Waals surface area contributed by atoms with E-state index in [4.69, 9.17) is 20.6 Å². The predicted molar refractivity (Wildman–Crippen MR) is 84.2 cm³/mol. The van der Waals surface area contributed by atoms with E-state index in [9.17, 15) is 0 Å². The van der Waals surface area contributed by atoms with Crippen molar-refractivity contribution in [2.45, 2.75) is 26.1 Å². The van der Waals surface area contributed by atoms with Gasteiger partial charge in [0.1, 0.15) is 5.28 Å². The van der Waals surface area contributed by atoms with E-state index in [1.165, 1.54) is 0 Å². The molecule has 0 aliphatic heterocycles. The number of hydrazine groups is 1. The molecule has 2 N–H and O–H groups in total. The molecule has 0 aliphatic rings. The van der Waals surface area contributed by atoms with E-state index in [1.54, 1.807) is 0 Å². The Morgan fingerprint density at radius 3 is 2.16 bits per heavy atom. The van der Waals surface area contributed by atoms with Crippen LogP contribution in [0, 0.1) is 0 Å². The molecule has 1 atom stereocenters. The van der Waals surface area contributed by atoms with Crippen molar-refractivity contribution in [2.75, 3.05) is 13.2 Å². The van der Waals surface area contributed by atoms with E-state index in [-0.39, 0.29) is 0 Å². The van der Waals surface area contributed by atoms with Crippen molar-refractivity contribution in [3.05, 3.63) is 34.9 Å². The number of benzene rings is 1. The fourth-order valence-electron chi connectivity index (χ4n) is 1.64. The summed E-state index contributed by atoms with van der Waals surface area (Å²) in [6.45, 7) is 7.08. The number of thiol groups is 1. The van der Waals surface area contributed by atoms with Crippen molar-refractivity contribution in [1.82, 2.24) is 10.3 Å². The Labute approximate surface area is 126 Å². The average Bonchev–Trinajstić information content (AvgIpc) is 2.39. The number of rotatable bonds is 8. The van der Waals surface area contributed by atoms with Crippen LogP contribution < -0.4 is 10.3 Å². The normalized spacial score (nSPS) is 14.6. The Morgan fingerprint density at radius 1 is 1.21 bits per heavy atom. The van der Waals surface area contributed by atoms with Crippen molar-refractivity contribution in [2.24, 2.45) is 0 Å². The van der Waals surface area contributed by atoms with Gasteiger partial charge in [0.05, 0.1) is 13.2 Å². The van der Waals surface area contributed by atoms with Gasteiger partial charge in [0.25, 0.3) is 0 Å². The maximum absolute atomic E-state index is 5.93. The lowest BCUT2D eigenvalue weighted by atomic mass is 10.1. The molecule has 1 aromatic rings. The van der Waals surface area contributed by atoms with Crippen LogP contribution in [0.3, 0.4) is 0 Å². The Bertz CT molecular complexity index is 376. The monoisotopic (exact) mass is 322 g/mol. The number of hydrogen-bond donors (Lipinski definition) is 3. The van der Waals surface area contributed by atoms with Crippen LogP contribution in [0.25, 0.3) is 0 Å². The zero-order chi connectivity index (χ0) is 14.3. The second-order valence-electron chi connectivity index (χ2n) is 3.91. The van der Waals surface area contributed by atoms with Crippen LogP contribution in [-0.4, -0.2) is 13.2 Å². The predicted octanol–water partition coefficient (Wildman–Crippen LogP) is 3.84. The van der Waals surface area contributed by atoms with Crippen molar-refractivity contribution in [3.63, 3.8) is 0 Å². The highest BCUT2D eigenvalue weighted by Crippen LogP contribution is 2.55. The number of hydrogen-bond acceptors (Lipinski definition) is 5. The lowest BCUT2D eigenvalue weighted by Crippen LogP contribution is -2.43. The Kier molecular flexibility index (Phi) is 7.62. The summed E-state index contributed by atoms with van der Waals surface area (Å²) in [5.41, 5.74) is 4.13. The topological polar surface area (TPSA) is 42.5 Å². The highest BCUT2D eigenvalue weighted by Gasteiger charge is 2.38. The molecular weight excluding hydrogens is 303 g/mol. The van der Waals surface area contributed by atoms with Crippen molar-refractivity contribution in [3.8, 4) is 0 Å². The maximum atomic E-state index is 5.93. The highest BCUT2D eigenvalue weighted by atomic mass is 35.5. The molecule has 4 nitrogen and oxygen atoms in total. The first kappa shape index (κ1) is 17.2. The quantitative estimate of drug-likeness (QED) is 0.386. The lowest BCUT2D eigenvalue weighted by molar-refractivity contribution is 0.238. The molecule has 0 unspecified atom stereocenters. The van der Waals surface area contributed by atoms with E-state index < -0.39 is 13.7 Å². The summed E-state index contributed by atoms with van der Waals surface area (Å²) < 4.78 is 11.5. The van der Waals surface area contributed by atoms with E-state index in [0.717, 1.165) is 5.56 Å². The fraction of sp³-hybridized carbons (Fsp3) is 0.500. The van der Waals surface area contributed by atoms with E-state index in [0.29, 0.717) is 18.2 Å². The van der Waals surface area contributed by atoms with E-state index >= 15 is 0 Å². The molecular formula is C12H20ClN2O2PS. The number of nitrogens with one attached hydrogen (secondary N) is 2. The van der Waals surface area contributed by atoms with Gasteiger partial charge in [-0.2, -0.15) is 0 Å². The Balaban J connectivity index is 3.08. The van der Waals surface area contributed by atoms with Crippen LogP contribution in [0.4, 0.5) is 0 Å². The molecule has 0 aliphatic carbocycles. The molecule has 0 radical (unpaired) electrons. The molecule has 0 heterocycles. The molecule has 0 amide bonds. The van der Waals surface area contributed by atoms with Crippen LogP contribution >= 0.6 is 32.8 Å². The summed E-state index contributed by atoms with van der Waals surface area (Å²) in [6, 6.07) is 7.60. The zero-order valence-electron chi connectivity index (χ0n) is 11.3. The Hall–Kier alpha value is 0.130. The molecule has 7 heteroatoms. The maximum Gasteiger partial charge on any atom is 0.198 e. The molecule has 0 spiro atoms. The van der Waals surface area contributed by atoms with Gasteiger partial charge in [-0.1, -0.05) is 36.5 Å². The third-order valence-electron chi connectivity index (χ3n) is 2.56. The van der Waals surface area contributed by atoms with Gasteiger partial charge < -0.3 is 9.05 Å². The average molecular weight is 323 g/mol. The fourth-order valence-corrected chi connectivity index (χ4v) is 3.64. The van der Waals surface area contributed by atoms with Crippen molar-refractivity contribution < 1.29 is 9.05 Å². The molecule has 108 valence electrons. The molecule has 0 fully saturated rings. The zero-order valence-corrected chi connectivity index (χ0v) is 13.9. The van der Waals surface area contributed by atoms with Crippen LogP contribution in [-0.2, 0) is 14.3 Å². The first-order chi connectivity index (χ1) is 9.08. The summed E-state index contributed by atoms with van der Waals surface area (Å²) in [7, 11) is -1.16. The number of halogens is 1. The van der Waals surface area contributed by atoms with Gasteiger partial charge in [0.15, 0.2) is 8.38 Å². The summed E-state index contributed by atoms with van der Waals surface area (Å²) in [4.78, 5) is 2.69. The summed E-state index contributed by atoms with van der Waals surface area (Å²) >= 11 is 9.96. The SMILES string of the molecule is CCOP(OCC)[C@@](C)(NNS)c1ccc(Cl)cc1. The molecule has 0 aromatic heterocycles. The van der Waals surface area contributed by atoms with Crippen LogP contribution in [0.1, 0.15) is 26.3 Å². The first-order valence-electron chi connectivity index (χ1n) is 6.06. The Morgan fingerprint density at radius 2 is 1.74 bits per heavy atom. The minimum atomic E-state index is -1.16. The van der Waals surface area contributed by atoms with Gasteiger partial charge in [0.2, 0.25) is 0 Å². The lowest BCUT2D eigenvalue weighted by Gasteiger charge is -2.36. The van der Waals surface area contributed by atoms with Gasteiger partial charge in [-0.05, 0) is 38.5 Å². The molecule has 0 saturated carbocycles. The second-order valence-corrected chi connectivity index (χ2v) is 6.49.